The van der Waals surface area contributed by atoms with Gasteiger partial charge in [-0.05, 0) is 32.1 Å². The first-order valence-corrected chi connectivity index (χ1v) is 7.79. The largest absolute Gasteiger partial charge is 0.308 e. The third-order valence-electron chi connectivity index (χ3n) is 4.09. The molecule has 0 saturated carbocycles. The number of nitrogens with one attached hydrogen (secondary N) is 1. The lowest BCUT2D eigenvalue weighted by Crippen LogP contribution is -2.38. The van der Waals surface area contributed by atoms with Crippen molar-refractivity contribution in [3.8, 4) is 11.1 Å². The number of nitrogens with zero attached hydrogens (tertiary/aromatic N) is 2. The van der Waals surface area contributed by atoms with E-state index >= 15 is 0 Å². The predicted octanol–water partition coefficient (Wildman–Crippen LogP) is 4.57. The zero-order chi connectivity index (χ0) is 15.5. The van der Waals surface area contributed by atoms with Crippen molar-refractivity contribution in [2.24, 2.45) is 0 Å². The average molecular weight is 330 g/mol. The first-order valence-electron chi connectivity index (χ1n) is 7.79. The molecular formula is C19H24ClN3. The van der Waals surface area contributed by atoms with Crippen LogP contribution >= 0.6 is 12.4 Å². The molecular weight excluding hydrogens is 306 g/mol. The van der Waals surface area contributed by atoms with Gasteiger partial charge in [0.05, 0.1) is 11.7 Å². The molecule has 1 heterocycles. The van der Waals surface area contributed by atoms with Crippen LogP contribution < -0.4 is 5.43 Å². The summed E-state index contributed by atoms with van der Waals surface area (Å²) in [4.78, 5) is 2.21. The number of fused-ring (bicyclic) bond motifs is 1. The first-order chi connectivity index (χ1) is 10.7. The second-order valence-corrected chi connectivity index (χ2v) is 5.81. The molecule has 1 atom stereocenters. The molecule has 0 saturated heterocycles. The zero-order valence-corrected chi connectivity index (χ0v) is 14.7. The van der Waals surface area contributed by atoms with Crippen LogP contribution in [-0.4, -0.2) is 29.8 Å². The van der Waals surface area contributed by atoms with Gasteiger partial charge in [-0.1, -0.05) is 55.5 Å². The Morgan fingerprint density at radius 1 is 1.00 bits per heavy atom. The SMILES string of the molecule is CCC(Nn1cc(-c2ccccc2)c2ccccc21)N(C)C.Cl. The van der Waals surface area contributed by atoms with E-state index in [-0.39, 0.29) is 12.4 Å². The van der Waals surface area contributed by atoms with Crippen LogP contribution in [0.1, 0.15) is 13.3 Å². The Bertz CT molecular complexity index is 750. The summed E-state index contributed by atoms with van der Waals surface area (Å²) in [5, 5.41) is 1.27. The number of hydrogen-bond acceptors (Lipinski definition) is 2. The maximum atomic E-state index is 3.60. The van der Waals surface area contributed by atoms with E-state index in [1.807, 2.05) is 0 Å². The van der Waals surface area contributed by atoms with Gasteiger partial charge in [-0.25, -0.2) is 0 Å². The van der Waals surface area contributed by atoms with Crippen LogP contribution in [0.2, 0.25) is 0 Å². The van der Waals surface area contributed by atoms with Crippen LogP contribution in [0.3, 0.4) is 0 Å². The molecule has 2 aromatic carbocycles. The molecule has 3 rings (SSSR count). The molecule has 122 valence electrons. The summed E-state index contributed by atoms with van der Waals surface area (Å²) in [5.74, 6) is 0. The molecule has 1 N–H and O–H groups in total. The fourth-order valence-corrected chi connectivity index (χ4v) is 2.87. The third-order valence-corrected chi connectivity index (χ3v) is 4.09. The summed E-state index contributed by atoms with van der Waals surface area (Å²) < 4.78 is 2.16. The number of aromatic nitrogens is 1. The average Bonchev–Trinajstić information content (AvgIpc) is 2.92. The van der Waals surface area contributed by atoms with Crippen molar-refractivity contribution in [2.75, 3.05) is 19.5 Å². The second-order valence-electron chi connectivity index (χ2n) is 5.81. The molecule has 0 radical (unpaired) electrons. The van der Waals surface area contributed by atoms with Crippen LogP contribution in [0.4, 0.5) is 0 Å². The van der Waals surface area contributed by atoms with Gasteiger partial charge in [0.15, 0.2) is 0 Å². The van der Waals surface area contributed by atoms with E-state index in [4.69, 9.17) is 0 Å². The molecule has 3 nitrogen and oxygen atoms in total. The molecule has 0 bridgehead atoms. The monoisotopic (exact) mass is 329 g/mol. The van der Waals surface area contributed by atoms with Crippen molar-refractivity contribution < 1.29 is 0 Å². The van der Waals surface area contributed by atoms with Crippen molar-refractivity contribution in [2.45, 2.75) is 19.5 Å². The molecule has 0 aliphatic heterocycles. The highest BCUT2D eigenvalue weighted by Gasteiger charge is 2.13. The molecule has 0 aliphatic rings. The fourth-order valence-electron chi connectivity index (χ4n) is 2.87. The number of halogens is 1. The van der Waals surface area contributed by atoms with E-state index in [0.29, 0.717) is 6.17 Å². The minimum atomic E-state index is 0. The summed E-state index contributed by atoms with van der Waals surface area (Å²) >= 11 is 0. The van der Waals surface area contributed by atoms with Crippen LogP contribution in [0, 0.1) is 0 Å². The van der Waals surface area contributed by atoms with E-state index in [1.54, 1.807) is 0 Å². The smallest absolute Gasteiger partial charge is 0.0935 e. The summed E-state index contributed by atoms with van der Waals surface area (Å²) in [5.41, 5.74) is 7.32. The maximum absolute atomic E-state index is 3.60. The number of benzene rings is 2. The summed E-state index contributed by atoms with van der Waals surface area (Å²) in [7, 11) is 4.20. The van der Waals surface area contributed by atoms with E-state index in [0.717, 1.165) is 6.42 Å². The van der Waals surface area contributed by atoms with Crippen LogP contribution in [0.5, 0.6) is 0 Å². The van der Waals surface area contributed by atoms with Gasteiger partial charge in [0, 0.05) is 17.1 Å². The van der Waals surface area contributed by atoms with Gasteiger partial charge < -0.3 is 5.43 Å². The van der Waals surface area contributed by atoms with E-state index in [2.05, 4.69) is 96.8 Å². The first kappa shape index (κ1) is 17.4. The Balaban J connectivity index is 0.00000192. The number of rotatable bonds is 5. The van der Waals surface area contributed by atoms with Gasteiger partial charge in [0.2, 0.25) is 0 Å². The van der Waals surface area contributed by atoms with Crippen molar-refractivity contribution in [1.29, 1.82) is 0 Å². The topological polar surface area (TPSA) is 20.2 Å². The Kier molecular flexibility index (Phi) is 5.69. The van der Waals surface area contributed by atoms with Gasteiger partial charge in [-0.3, -0.25) is 9.58 Å². The number of para-hydroxylation sites is 1. The Morgan fingerprint density at radius 3 is 2.30 bits per heavy atom. The Labute approximate surface area is 144 Å². The van der Waals surface area contributed by atoms with Crippen LogP contribution in [-0.2, 0) is 0 Å². The molecule has 0 fully saturated rings. The van der Waals surface area contributed by atoms with Crippen molar-refractivity contribution in [3.63, 3.8) is 0 Å². The lowest BCUT2D eigenvalue weighted by atomic mass is 10.1. The van der Waals surface area contributed by atoms with Gasteiger partial charge >= 0.3 is 0 Å². The van der Waals surface area contributed by atoms with Gasteiger partial charge in [0.1, 0.15) is 0 Å². The zero-order valence-electron chi connectivity index (χ0n) is 13.9. The summed E-state index contributed by atoms with van der Waals surface area (Å²) in [6.45, 7) is 2.20. The van der Waals surface area contributed by atoms with Gasteiger partial charge in [-0.15, -0.1) is 12.4 Å². The molecule has 4 heteroatoms. The minimum absolute atomic E-state index is 0. The maximum Gasteiger partial charge on any atom is 0.0935 e. The van der Waals surface area contributed by atoms with Crippen molar-refractivity contribution in [3.05, 3.63) is 60.8 Å². The summed E-state index contributed by atoms with van der Waals surface area (Å²) in [6, 6.07) is 19.1. The van der Waals surface area contributed by atoms with Gasteiger partial charge in [-0.2, -0.15) is 0 Å². The van der Waals surface area contributed by atoms with Crippen molar-refractivity contribution in [1.82, 2.24) is 9.58 Å². The number of hydrogen-bond donors (Lipinski definition) is 1. The molecule has 0 spiro atoms. The van der Waals surface area contributed by atoms with E-state index < -0.39 is 0 Å². The molecule has 1 aromatic heterocycles. The molecule has 23 heavy (non-hydrogen) atoms. The highest BCUT2D eigenvalue weighted by Crippen LogP contribution is 2.30. The summed E-state index contributed by atoms with van der Waals surface area (Å²) in [6.07, 6.45) is 3.55. The van der Waals surface area contributed by atoms with Crippen molar-refractivity contribution >= 4 is 23.3 Å². The third kappa shape index (κ3) is 3.52. The Hall–Kier alpha value is -1.97. The molecule has 3 aromatic rings. The second kappa shape index (κ2) is 7.53. The molecule has 1 unspecified atom stereocenters. The van der Waals surface area contributed by atoms with E-state index in [1.165, 1.54) is 22.0 Å². The lowest BCUT2D eigenvalue weighted by molar-refractivity contribution is 0.297. The van der Waals surface area contributed by atoms with Crippen LogP contribution in [0.25, 0.3) is 22.0 Å². The fraction of sp³-hybridized carbons (Fsp3) is 0.263. The normalized spacial score (nSPS) is 12.2. The Morgan fingerprint density at radius 2 is 1.65 bits per heavy atom. The van der Waals surface area contributed by atoms with Gasteiger partial charge in [0.25, 0.3) is 0 Å². The standard InChI is InChI=1S/C19H23N3.ClH/c1-4-19(21(2)3)20-22-14-17(15-10-6-5-7-11-15)16-12-8-9-13-18(16)22;/h5-14,19-20H,4H2,1-3H3;1H. The quantitative estimate of drug-likeness (QED) is 0.692. The molecule has 0 amide bonds. The highest BCUT2D eigenvalue weighted by atomic mass is 35.5. The highest BCUT2D eigenvalue weighted by molar-refractivity contribution is 5.96. The minimum Gasteiger partial charge on any atom is -0.308 e. The predicted molar refractivity (Wildman–Crippen MR) is 102 cm³/mol. The lowest BCUT2D eigenvalue weighted by Gasteiger charge is -2.26. The molecule has 0 aliphatic carbocycles. The van der Waals surface area contributed by atoms with E-state index in [9.17, 15) is 0 Å². The van der Waals surface area contributed by atoms with Crippen LogP contribution in [0.15, 0.2) is 60.8 Å².